The molecular formula is C14H12N6O. The second-order valence-electron chi connectivity index (χ2n) is 4.30. The Kier molecular flexibility index (Phi) is 3.30. The van der Waals surface area contributed by atoms with Gasteiger partial charge in [-0.25, -0.2) is 14.6 Å². The van der Waals surface area contributed by atoms with Crippen LogP contribution in [0.4, 0.5) is 11.5 Å². The highest BCUT2D eigenvalue weighted by Gasteiger charge is 2.11. The van der Waals surface area contributed by atoms with E-state index in [4.69, 9.17) is 5.73 Å². The molecule has 3 N–H and O–H groups in total. The number of nitrogens with two attached hydrogens (primary N) is 1. The summed E-state index contributed by atoms with van der Waals surface area (Å²) in [7, 11) is 0. The van der Waals surface area contributed by atoms with Crippen molar-refractivity contribution in [3.63, 3.8) is 0 Å². The smallest absolute Gasteiger partial charge is 0.259 e. The summed E-state index contributed by atoms with van der Waals surface area (Å²) >= 11 is 0. The summed E-state index contributed by atoms with van der Waals surface area (Å²) in [6.45, 7) is 0. The molecule has 1 amide bonds. The van der Waals surface area contributed by atoms with Crippen LogP contribution in [0.15, 0.2) is 55.2 Å². The van der Waals surface area contributed by atoms with Crippen LogP contribution in [0.25, 0.3) is 5.69 Å². The van der Waals surface area contributed by atoms with Crippen LogP contribution in [-0.2, 0) is 0 Å². The van der Waals surface area contributed by atoms with Gasteiger partial charge in [-0.15, -0.1) is 0 Å². The van der Waals surface area contributed by atoms with Crippen LogP contribution in [0, 0.1) is 0 Å². The zero-order valence-electron chi connectivity index (χ0n) is 11.0. The van der Waals surface area contributed by atoms with Crippen LogP contribution in [0.3, 0.4) is 0 Å². The number of nitrogens with one attached hydrogen (secondary N) is 1. The van der Waals surface area contributed by atoms with E-state index < -0.39 is 0 Å². The van der Waals surface area contributed by atoms with Crippen molar-refractivity contribution in [2.75, 3.05) is 11.1 Å². The zero-order chi connectivity index (χ0) is 14.7. The monoisotopic (exact) mass is 280 g/mol. The van der Waals surface area contributed by atoms with Gasteiger partial charge in [0.2, 0.25) is 0 Å². The van der Waals surface area contributed by atoms with Gasteiger partial charge >= 0.3 is 0 Å². The molecule has 7 heteroatoms. The maximum Gasteiger partial charge on any atom is 0.259 e. The molecule has 7 nitrogen and oxygen atoms in total. The molecule has 2 heterocycles. The minimum Gasteiger partial charge on any atom is -0.399 e. The fraction of sp³-hybridized carbons (Fsp3) is 0. The summed E-state index contributed by atoms with van der Waals surface area (Å²) < 4.78 is 1.61. The van der Waals surface area contributed by atoms with Crippen LogP contribution in [0.2, 0.25) is 0 Å². The lowest BCUT2D eigenvalue weighted by Crippen LogP contribution is -2.15. The van der Waals surface area contributed by atoms with E-state index in [1.165, 1.54) is 18.7 Å². The van der Waals surface area contributed by atoms with E-state index in [0.29, 0.717) is 17.1 Å². The maximum absolute atomic E-state index is 12.1. The van der Waals surface area contributed by atoms with Gasteiger partial charge in [0.1, 0.15) is 12.1 Å². The number of amides is 1. The third-order valence-electron chi connectivity index (χ3n) is 2.84. The number of nitrogens with zero attached hydrogens (tertiary/aromatic N) is 4. The minimum absolute atomic E-state index is 0.298. The fourth-order valence-corrected chi connectivity index (χ4v) is 1.82. The van der Waals surface area contributed by atoms with Gasteiger partial charge in [-0.1, -0.05) is 0 Å². The molecule has 2 aromatic heterocycles. The molecule has 3 rings (SSSR count). The van der Waals surface area contributed by atoms with Crippen LogP contribution in [-0.4, -0.2) is 25.7 Å². The Bertz CT molecular complexity index is 751. The van der Waals surface area contributed by atoms with Gasteiger partial charge in [-0.05, 0) is 24.3 Å². The summed E-state index contributed by atoms with van der Waals surface area (Å²) in [6, 6.07) is 8.90. The van der Waals surface area contributed by atoms with Crippen LogP contribution in [0.5, 0.6) is 0 Å². The Morgan fingerprint density at radius 3 is 2.52 bits per heavy atom. The van der Waals surface area contributed by atoms with Crippen molar-refractivity contribution in [3.8, 4) is 5.69 Å². The van der Waals surface area contributed by atoms with E-state index in [0.717, 1.165) is 5.69 Å². The van der Waals surface area contributed by atoms with Gasteiger partial charge in [-0.3, -0.25) is 4.79 Å². The predicted molar refractivity (Wildman–Crippen MR) is 78.0 cm³/mol. The second kappa shape index (κ2) is 5.41. The number of carbonyl (C=O) groups is 1. The van der Waals surface area contributed by atoms with Gasteiger partial charge in [0.05, 0.1) is 17.4 Å². The SMILES string of the molecule is Nc1ccc(-n2nccc2NC(=O)c2cncnc2)cc1. The topological polar surface area (TPSA) is 98.7 Å². The molecule has 0 fully saturated rings. The average Bonchev–Trinajstić information content (AvgIpc) is 2.97. The molecule has 0 atom stereocenters. The van der Waals surface area contributed by atoms with Crippen molar-refractivity contribution < 1.29 is 4.79 Å². The second-order valence-corrected chi connectivity index (χ2v) is 4.30. The molecule has 0 bridgehead atoms. The van der Waals surface area contributed by atoms with E-state index in [-0.39, 0.29) is 5.91 Å². The summed E-state index contributed by atoms with van der Waals surface area (Å²) in [4.78, 5) is 19.7. The van der Waals surface area contributed by atoms with Crippen molar-refractivity contribution in [1.82, 2.24) is 19.7 Å². The van der Waals surface area contributed by atoms with Crippen molar-refractivity contribution in [2.45, 2.75) is 0 Å². The van der Waals surface area contributed by atoms with E-state index in [2.05, 4.69) is 20.4 Å². The maximum atomic E-state index is 12.1. The number of hydrogen-bond acceptors (Lipinski definition) is 5. The van der Waals surface area contributed by atoms with Crippen LogP contribution in [0.1, 0.15) is 10.4 Å². The largest absolute Gasteiger partial charge is 0.399 e. The molecule has 0 saturated carbocycles. The predicted octanol–water partition coefficient (Wildman–Crippen LogP) is 1.50. The number of nitrogen functional groups attached to an aromatic ring is 1. The summed E-state index contributed by atoms with van der Waals surface area (Å²) in [5, 5.41) is 6.96. The highest BCUT2D eigenvalue weighted by molar-refractivity contribution is 6.03. The molecule has 0 aliphatic heterocycles. The summed E-state index contributed by atoms with van der Waals surface area (Å²) in [6.07, 6.45) is 5.88. The number of aromatic nitrogens is 4. The van der Waals surface area contributed by atoms with Gasteiger partial charge in [0.15, 0.2) is 0 Å². The summed E-state index contributed by atoms with van der Waals surface area (Å²) in [5.41, 5.74) is 7.50. The molecule has 0 aliphatic carbocycles. The molecule has 0 unspecified atom stereocenters. The highest BCUT2D eigenvalue weighted by atomic mass is 16.1. The van der Waals surface area contributed by atoms with Crippen LogP contribution >= 0.6 is 0 Å². The van der Waals surface area contributed by atoms with E-state index in [1.54, 1.807) is 29.1 Å². The zero-order valence-corrected chi connectivity index (χ0v) is 11.0. The Morgan fingerprint density at radius 1 is 1.10 bits per heavy atom. The Balaban J connectivity index is 1.86. The highest BCUT2D eigenvalue weighted by Crippen LogP contribution is 2.16. The Hall–Kier alpha value is -3.22. The molecule has 0 aliphatic rings. The van der Waals surface area contributed by atoms with Gasteiger partial charge < -0.3 is 11.1 Å². The molecule has 3 aromatic rings. The molecule has 0 radical (unpaired) electrons. The molecule has 0 spiro atoms. The Morgan fingerprint density at radius 2 is 1.81 bits per heavy atom. The molecule has 104 valence electrons. The third kappa shape index (κ3) is 2.71. The Labute approximate surface area is 120 Å². The number of benzene rings is 1. The number of hydrogen-bond donors (Lipinski definition) is 2. The number of anilines is 2. The molecule has 21 heavy (non-hydrogen) atoms. The lowest BCUT2D eigenvalue weighted by molar-refractivity contribution is 0.102. The van der Waals surface area contributed by atoms with Crippen molar-refractivity contribution in [3.05, 3.63) is 60.8 Å². The van der Waals surface area contributed by atoms with E-state index in [1.807, 2.05) is 12.1 Å². The van der Waals surface area contributed by atoms with Crippen molar-refractivity contribution in [1.29, 1.82) is 0 Å². The standard InChI is InChI=1S/C14H12N6O/c15-11-1-3-12(4-2-11)20-13(5-6-18-20)19-14(21)10-7-16-9-17-8-10/h1-9H,15H2,(H,19,21). The van der Waals surface area contributed by atoms with Crippen LogP contribution < -0.4 is 11.1 Å². The van der Waals surface area contributed by atoms with Crippen molar-refractivity contribution >= 4 is 17.4 Å². The number of carbonyl (C=O) groups excluding carboxylic acids is 1. The first kappa shape index (κ1) is 12.8. The normalized spacial score (nSPS) is 10.3. The first-order valence-electron chi connectivity index (χ1n) is 6.20. The average molecular weight is 280 g/mol. The van der Waals surface area contributed by atoms with Gasteiger partial charge in [0.25, 0.3) is 5.91 Å². The summed E-state index contributed by atoms with van der Waals surface area (Å²) in [5.74, 6) is 0.251. The lowest BCUT2D eigenvalue weighted by atomic mass is 10.3. The van der Waals surface area contributed by atoms with E-state index in [9.17, 15) is 4.79 Å². The van der Waals surface area contributed by atoms with Crippen molar-refractivity contribution in [2.24, 2.45) is 0 Å². The van der Waals surface area contributed by atoms with Gasteiger partial charge in [0, 0.05) is 24.1 Å². The van der Waals surface area contributed by atoms with Gasteiger partial charge in [-0.2, -0.15) is 5.10 Å². The lowest BCUT2D eigenvalue weighted by Gasteiger charge is -2.09. The first-order valence-corrected chi connectivity index (χ1v) is 6.20. The molecule has 1 aromatic carbocycles. The quantitative estimate of drug-likeness (QED) is 0.708. The fourth-order valence-electron chi connectivity index (χ4n) is 1.82. The minimum atomic E-state index is -0.298. The first-order chi connectivity index (χ1) is 10.2. The third-order valence-corrected chi connectivity index (χ3v) is 2.84. The van der Waals surface area contributed by atoms with E-state index >= 15 is 0 Å². The molecular weight excluding hydrogens is 268 g/mol. The molecule has 0 saturated heterocycles. The number of rotatable bonds is 3.